The number of hydrogen-bond acceptors (Lipinski definition) is 3. The van der Waals surface area contributed by atoms with Crippen molar-refractivity contribution in [2.75, 3.05) is 7.11 Å². The number of rotatable bonds is 7. The van der Waals surface area contributed by atoms with Gasteiger partial charge in [0.15, 0.2) is 0 Å². The lowest BCUT2D eigenvalue weighted by Crippen LogP contribution is -2.36. The van der Waals surface area contributed by atoms with Gasteiger partial charge in [-0.05, 0) is 30.7 Å². The van der Waals surface area contributed by atoms with Gasteiger partial charge in [0.05, 0.1) is 0 Å². The van der Waals surface area contributed by atoms with E-state index in [0.29, 0.717) is 12.0 Å². The molecule has 0 aromatic heterocycles. The number of benzene rings is 1. The number of unbranched alkanes of at least 4 members (excludes halogenated alkanes) is 2. The minimum Gasteiger partial charge on any atom is -0.413 e. The third-order valence-electron chi connectivity index (χ3n) is 2.99. The van der Waals surface area contributed by atoms with Crippen molar-refractivity contribution in [2.45, 2.75) is 38.4 Å². The molecule has 0 bridgehead atoms. The average molecular weight is 269 g/mol. The molecule has 0 fully saturated rings. The molecule has 1 rings (SSSR count). The van der Waals surface area contributed by atoms with Gasteiger partial charge in [-0.1, -0.05) is 19.8 Å². The molecule has 19 heavy (non-hydrogen) atoms. The molecule has 1 amide bonds. The van der Waals surface area contributed by atoms with Crippen LogP contribution in [0, 0.1) is 5.82 Å². The first-order chi connectivity index (χ1) is 9.04. The minimum atomic E-state index is -1.24. The number of amides is 1. The van der Waals surface area contributed by atoms with Crippen molar-refractivity contribution in [1.29, 1.82) is 0 Å². The zero-order valence-corrected chi connectivity index (χ0v) is 11.3. The Hall–Kier alpha value is -1.62. The summed E-state index contributed by atoms with van der Waals surface area (Å²) >= 11 is 0. The van der Waals surface area contributed by atoms with Gasteiger partial charge in [0, 0.05) is 19.1 Å². The van der Waals surface area contributed by atoms with Crippen molar-refractivity contribution in [2.24, 2.45) is 5.73 Å². The average Bonchev–Trinajstić information content (AvgIpc) is 2.38. The molecular weight excluding hydrogens is 249 g/mol. The summed E-state index contributed by atoms with van der Waals surface area (Å²) in [5.41, 5.74) is 5.69. The molecule has 0 aliphatic heterocycles. The quantitative estimate of drug-likeness (QED) is 0.610. The van der Waals surface area contributed by atoms with Gasteiger partial charge in [-0.2, -0.15) is 0 Å². The van der Waals surface area contributed by atoms with Crippen LogP contribution in [0.1, 0.15) is 38.2 Å². The Labute approximate surface area is 112 Å². The van der Waals surface area contributed by atoms with Crippen molar-refractivity contribution in [1.82, 2.24) is 0 Å². The van der Waals surface area contributed by atoms with Crippen molar-refractivity contribution >= 4 is 6.09 Å². The summed E-state index contributed by atoms with van der Waals surface area (Å²) in [5.74, 6) is -1.60. The molecule has 5 heteroatoms. The first-order valence-electron chi connectivity index (χ1n) is 6.33. The molecule has 0 saturated heterocycles. The van der Waals surface area contributed by atoms with E-state index in [9.17, 15) is 9.18 Å². The fraction of sp³-hybridized carbons (Fsp3) is 0.500. The van der Waals surface area contributed by atoms with Crippen LogP contribution in [0.4, 0.5) is 9.18 Å². The van der Waals surface area contributed by atoms with Gasteiger partial charge in [-0.25, -0.2) is 9.18 Å². The highest BCUT2D eigenvalue weighted by Gasteiger charge is 2.35. The molecule has 1 aromatic rings. The Morgan fingerprint density at radius 3 is 2.42 bits per heavy atom. The second-order valence-corrected chi connectivity index (χ2v) is 4.34. The Balaban J connectivity index is 3.00. The summed E-state index contributed by atoms with van der Waals surface area (Å²) in [7, 11) is 1.44. The van der Waals surface area contributed by atoms with Crippen molar-refractivity contribution in [3.8, 4) is 0 Å². The second-order valence-electron chi connectivity index (χ2n) is 4.34. The largest absolute Gasteiger partial charge is 0.413 e. The van der Waals surface area contributed by atoms with E-state index >= 15 is 0 Å². The van der Waals surface area contributed by atoms with Crippen LogP contribution in [-0.4, -0.2) is 13.2 Å². The van der Waals surface area contributed by atoms with Gasteiger partial charge in [-0.15, -0.1) is 0 Å². The molecule has 0 aliphatic carbocycles. The van der Waals surface area contributed by atoms with Gasteiger partial charge in [0.2, 0.25) is 5.79 Å². The summed E-state index contributed by atoms with van der Waals surface area (Å²) in [4.78, 5) is 11.1. The van der Waals surface area contributed by atoms with Crippen molar-refractivity contribution in [3.63, 3.8) is 0 Å². The lowest BCUT2D eigenvalue weighted by Gasteiger charge is -2.31. The molecule has 0 spiro atoms. The molecule has 4 nitrogen and oxygen atoms in total. The zero-order chi connectivity index (χ0) is 14.3. The van der Waals surface area contributed by atoms with E-state index in [1.807, 2.05) is 0 Å². The van der Waals surface area contributed by atoms with Gasteiger partial charge in [-0.3, -0.25) is 0 Å². The molecule has 0 radical (unpaired) electrons. The number of ether oxygens (including phenoxy) is 2. The van der Waals surface area contributed by atoms with Crippen LogP contribution in [-0.2, 0) is 15.3 Å². The van der Waals surface area contributed by atoms with Gasteiger partial charge in [0.25, 0.3) is 0 Å². The predicted molar refractivity (Wildman–Crippen MR) is 69.9 cm³/mol. The van der Waals surface area contributed by atoms with Gasteiger partial charge < -0.3 is 15.2 Å². The minimum absolute atomic E-state index is 0.360. The maximum Gasteiger partial charge on any atom is 0.407 e. The summed E-state index contributed by atoms with van der Waals surface area (Å²) in [5, 5.41) is 0. The van der Waals surface area contributed by atoms with Crippen LogP contribution in [0.15, 0.2) is 24.3 Å². The normalized spacial score (nSPS) is 13.8. The Morgan fingerprint density at radius 1 is 1.32 bits per heavy atom. The topological polar surface area (TPSA) is 61.6 Å². The lowest BCUT2D eigenvalue weighted by atomic mass is 9.99. The number of primary amides is 1. The van der Waals surface area contributed by atoms with Gasteiger partial charge >= 0.3 is 6.09 Å². The number of carbonyl (C=O) groups is 1. The first-order valence-corrected chi connectivity index (χ1v) is 6.33. The zero-order valence-electron chi connectivity index (χ0n) is 11.3. The molecule has 0 saturated carbocycles. The van der Waals surface area contributed by atoms with Crippen LogP contribution in [0.25, 0.3) is 0 Å². The van der Waals surface area contributed by atoms with Crippen molar-refractivity contribution in [3.05, 3.63) is 35.6 Å². The number of hydrogen-bond donors (Lipinski definition) is 1. The Bertz CT molecular complexity index is 408. The van der Waals surface area contributed by atoms with Crippen LogP contribution in [0.2, 0.25) is 0 Å². The van der Waals surface area contributed by atoms with Crippen molar-refractivity contribution < 1.29 is 18.7 Å². The van der Waals surface area contributed by atoms with E-state index in [0.717, 1.165) is 19.3 Å². The molecule has 106 valence electrons. The van der Waals surface area contributed by atoms with E-state index in [1.54, 1.807) is 0 Å². The second kappa shape index (κ2) is 7.09. The SMILES string of the molecule is CCCCC[C@](OC)(OC(N)=O)c1ccc(F)cc1. The fourth-order valence-electron chi connectivity index (χ4n) is 1.99. The summed E-state index contributed by atoms with van der Waals surface area (Å²) in [6, 6.07) is 5.67. The summed E-state index contributed by atoms with van der Waals surface area (Å²) in [6.07, 6.45) is 2.39. The lowest BCUT2D eigenvalue weighted by molar-refractivity contribution is -0.197. The molecular formula is C14H20FNO3. The number of halogens is 1. The van der Waals surface area contributed by atoms with Crippen LogP contribution < -0.4 is 5.73 Å². The molecule has 0 heterocycles. The number of methoxy groups -OCH3 is 1. The molecule has 1 atom stereocenters. The fourth-order valence-corrected chi connectivity index (χ4v) is 1.99. The van der Waals surface area contributed by atoms with E-state index < -0.39 is 11.9 Å². The van der Waals surface area contributed by atoms with E-state index in [4.69, 9.17) is 15.2 Å². The van der Waals surface area contributed by atoms with Crippen LogP contribution in [0.5, 0.6) is 0 Å². The smallest absolute Gasteiger partial charge is 0.407 e. The monoisotopic (exact) mass is 269 g/mol. The van der Waals surface area contributed by atoms with Gasteiger partial charge in [0.1, 0.15) is 5.82 Å². The summed E-state index contributed by atoms with van der Waals surface area (Å²) in [6.45, 7) is 2.07. The highest BCUT2D eigenvalue weighted by molar-refractivity contribution is 5.65. The molecule has 0 unspecified atom stereocenters. The number of nitrogens with two attached hydrogens (primary N) is 1. The van der Waals surface area contributed by atoms with E-state index in [-0.39, 0.29) is 5.82 Å². The maximum atomic E-state index is 13.0. The predicted octanol–water partition coefficient (Wildman–Crippen LogP) is 3.30. The number of carbonyl (C=O) groups excluding carboxylic acids is 1. The van der Waals surface area contributed by atoms with Crippen LogP contribution in [0.3, 0.4) is 0 Å². The highest BCUT2D eigenvalue weighted by Crippen LogP contribution is 2.32. The summed E-state index contributed by atoms with van der Waals surface area (Å²) < 4.78 is 23.5. The Morgan fingerprint density at radius 2 is 1.95 bits per heavy atom. The Kier molecular flexibility index (Phi) is 5.76. The molecule has 2 N–H and O–H groups in total. The molecule has 1 aromatic carbocycles. The molecule has 0 aliphatic rings. The van der Waals surface area contributed by atoms with E-state index in [2.05, 4.69) is 6.92 Å². The van der Waals surface area contributed by atoms with E-state index in [1.165, 1.54) is 31.4 Å². The highest BCUT2D eigenvalue weighted by atomic mass is 19.1. The third-order valence-corrected chi connectivity index (χ3v) is 2.99. The van der Waals surface area contributed by atoms with Crippen LogP contribution >= 0.6 is 0 Å². The third kappa shape index (κ3) is 4.21. The maximum absolute atomic E-state index is 13.0. The first kappa shape index (κ1) is 15.4. The standard InChI is InChI=1S/C14H20FNO3/c1-3-4-5-10-14(18-2,19-13(16)17)11-6-8-12(15)9-7-11/h6-9H,3-5,10H2,1-2H3,(H2,16,17)/t14-/m0/s1.